The minimum Gasteiger partial charge on any atom is -0.396 e. The molecule has 2 aromatic carbocycles. The molecule has 0 bridgehead atoms. The first-order valence-electron chi connectivity index (χ1n) is 7.53. The summed E-state index contributed by atoms with van der Waals surface area (Å²) in [5.74, 6) is -0.503. The number of halogens is 3. The van der Waals surface area contributed by atoms with Gasteiger partial charge in [0.25, 0.3) is 5.91 Å². The van der Waals surface area contributed by atoms with E-state index in [1.165, 1.54) is 0 Å². The number of aliphatic hydroxyl groups is 1. The molecule has 128 valence electrons. The van der Waals surface area contributed by atoms with Crippen LogP contribution in [0.5, 0.6) is 0 Å². The molecule has 0 saturated carbocycles. The van der Waals surface area contributed by atoms with Gasteiger partial charge in [-0.05, 0) is 36.2 Å². The molecule has 0 aliphatic carbocycles. The molecule has 0 heterocycles. The number of hydrogen-bond donors (Lipinski definition) is 2. The lowest BCUT2D eigenvalue weighted by molar-refractivity contribution is -0.137. The molecule has 24 heavy (non-hydrogen) atoms. The summed E-state index contributed by atoms with van der Waals surface area (Å²) in [6.07, 6.45) is -3.94. The van der Waals surface area contributed by atoms with E-state index in [0.29, 0.717) is 13.0 Å². The SMILES string of the molecule is O=C(NCC(CCO)c1ccccc1)c1ccc(C(F)(F)F)cc1. The Morgan fingerprint density at radius 2 is 1.67 bits per heavy atom. The van der Waals surface area contributed by atoms with Gasteiger partial charge >= 0.3 is 6.18 Å². The zero-order valence-electron chi connectivity index (χ0n) is 12.9. The van der Waals surface area contributed by atoms with Crippen molar-refractivity contribution in [1.29, 1.82) is 0 Å². The summed E-state index contributed by atoms with van der Waals surface area (Å²) in [5.41, 5.74) is 0.361. The molecule has 0 aliphatic heterocycles. The second-order valence-corrected chi connectivity index (χ2v) is 5.41. The van der Waals surface area contributed by atoms with Crippen LogP contribution in [0.2, 0.25) is 0 Å². The Balaban J connectivity index is 2.00. The lowest BCUT2D eigenvalue weighted by Gasteiger charge is -2.17. The molecule has 6 heteroatoms. The van der Waals surface area contributed by atoms with Gasteiger partial charge in [-0.15, -0.1) is 0 Å². The third-order valence-electron chi connectivity index (χ3n) is 3.73. The van der Waals surface area contributed by atoms with Crippen molar-refractivity contribution in [2.45, 2.75) is 18.5 Å². The fraction of sp³-hybridized carbons (Fsp3) is 0.278. The molecule has 2 rings (SSSR count). The zero-order valence-corrected chi connectivity index (χ0v) is 12.9. The van der Waals surface area contributed by atoms with Crippen molar-refractivity contribution in [3.63, 3.8) is 0 Å². The normalized spacial score (nSPS) is 12.7. The van der Waals surface area contributed by atoms with Crippen molar-refractivity contribution in [3.8, 4) is 0 Å². The minimum atomic E-state index is -4.42. The summed E-state index contributed by atoms with van der Waals surface area (Å²) in [7, 11) is 0. The van der Waals surface area contributed by atoms with E-state index in [-0.39, 0.29) is 18.1 Å². The highest BCUT2D eigenvalue weighted by atomic mass is 19.4. The highest BCUT2D eigenvalue weighted by molar-refractivity contribution is 5.94. The molecule has 0 saturated heterocycles. The van der Waals surface area contributed by atoms with Gasteiger partial charge in [-0.1, -0.05) is 30.3 Å². The Bertz CT molecular complexity index is 654. The van der Waals surface area contributed by atoms with Gasteiger partial charge < -0.3 is 10.4 Å². The molecule has 0 aromatic heterocycles. The summed E-state index contributed by atoms with van der Waals surface area (Å²) in [6.45, 7) is 0.278. The Labute approximate surface area is 138 Å². The average Bonchev–Trinajstić information content (AvgIpc) is 2.58. The van der Waals surface area contributed by atoms with Crippen molar-refractivity contribution in [2.75, 3.05) is 13.2 Å². The number of benzene rings is 2. The molecule has 1 amide bonds. The van der Waals surface area contributed by atoms with Crippen LogP contribution in [0.15, 0.2) is 54.6 Å². The molecule has 0 spiro atoms. The van der Waals surface area contributed by atoms with Crippen molar-refractivity contribution in [2.24, 2.45) is 0 Å². The highest BCUT2D eigenvalue weighted by Gasteiger charge is 2.30. The summed E-state index contributed by atoms with van der Waals surface area (Å²) in [5, 5.41) is 11.9. The van der Waals surface area contributed by atoms with Gasteiger partial charge in [-0.3, -0.25) is 4.79 Å². The molecule has 2 aromatic rings. The van der Waals surface area contributed by atoms with E-state index < -0.39 is 17.6 Å². The van der Waals surface area contributed by atoms with Crippen LogP contribution in [0.3, 0.4) is 0 Å². The molecular weight excluding hydrogens is 319 g/mol. The van der Waals surface area contributed by atoms with E-state index in [9.17, 15) is 18.0 Å². The van der Waals surface area contributed by atoms with Crippen molar-refractivity contribution in [1.82, 2.24) is 5.32 Å². The Kier molecular flexibility index (Phi) is 5.98. The Hall–Kier alpha value is -2.34. The smallest absolute Gasteiger partial charge is 0.396 e. The third kappa shape index (κ3) is 4.83. The van der Waals surface area contributed by atoms with E-state index in [4.69, 9.17) is 5.11 Å². The maximum absolute atomic E-state index is 12.5. The first-order chi connectivity index (χ1) is 11.4. The van der Waals surface area contributed by atoms with Gasteiger partial charge in [0.15, 0.2) is 0 Å². The zero-order chi connectivity index (χ0) is 17.6. The van der Waals surface area contributed by atoms with E-state index >= 15 is 0 Å². The van der Waals surface area contributed by atoms with Gasteiger partial charge in [0.1, 0.15) is 0 Å². The van der Waals surface area contributed by atoms with Crippen molar-refractivity contribution < 1.29 is 23.1 Å². The second kappa shape index (κ2) is 7.97. The predicted octanol–water partition coefficient (Wildman–Crippen LogP) is 3.60. The first-order valence-corrected chi connectivity index (χ1v) is 7.53. The van der Waals surface area contributed by atoms with Gasteiger partial charge in [-0.25, -0.2) is 0 Å². The van der Waals surface area contributed by atoms with Gasteiger partial charge in [0.05, 0.1) is 5.56 Å². The van der Waals surface area contributed by atoms with Crippen LogP contribution >= 0.6 is 0 Å². The second-order valence-electron chi connectivity index (χ2n) is 5.41. The molecule has 0 fully saturated rings. The Morgan fingerprint density at radius 1 is 1.04 bits per heavy atom. The third-order valence-corrected chi connectivity index (χ3v) is 3.73. The number of carbonyl (C=O) groups is 1. The van der Waals surface area contributed by atoms with Gasteiger partial charge in [-0.2, -0.15) is 13.2 Å². The maximum atomic E-state index is 12.5. The molecule has 2 N–H and O–H groups in total. The van der Waals surface area contributed by atoms with E-state index in [1.54, 1.807) is 0 Å². The number of alkyl halides is 3. The van der Waals surface area contributed by atoms with Crippen LogP contribution in [0.25, 0.3) is 0 Å². The number of amides is 1. The molecule has 1 unspecified atom stereocenters. The molecule has 0 aliphatic rings. The summed E-state index contributed by atoms with van der Waals surface area (Å²) < 4.78 is 37.6. The van der Waals surface area contributed by atoms with Crippen LogP contribution in [0, 0.1) is 0 Å². The largest absolute Gasteiger partial charge is 0.416 e. The number of hydrogen-bond acceptors (Lipinski definition) is 2. The average molecular weight is 337 g/mol. The quantitative estimate of drug-likeness (QED) is 0.846. The highest BCUT2D eigenvalue weighted by Crippen LogP contribution is 2.29. The van der Waals surface area contributed by atoms with Gasteiger partial charge in [0.2, 0.25) is 0 Å². The van der Waals surface area contributed by atoms with E-state index in [1.807, 2.05) is 30.3 Å². The maximum Gasteiger partial charge on any atom is 0.416 e. The molecule has 3 nitrogen and oxygen atoms in total. The fourth-order valence-electron chi connectivity index (χ4n) is 2.40. The topological polar surface area (TPSA) is 49.3 Å². The standard InChI is InChI=1S/C18H18F3NO2/c19-18(20,21)16-8-6-14(7-9-16)17(24)22-12-15(10-11-23)13-4-2-1-3-5-13/h1-9,15,23H,10-12H2,(H,22,24). The van der Waals surface area contributed by atoms with Crippen LogP contribution in [0.4, 0.5) is 13.2 Å². The van der Waals surface area contributed by atoms with Gasteiger partial charge in [0, 0.05) is 24.6 Å². The number of carbonyl (C=O) groups excluding carboxylic acids is 1. The Morgan fingerprint density at radius 3 is 2.21 bits per heavy atom. The number of aliphatic hydroxyl groups excluding tert-OH is 1. The summed E-state index contributed by atoms with van der Waals surface area (Å²) >= 11 is 0. The molecule has 1 atom stereocenters. The van der Waals surface area contributed by atoms with Crippen LogP contribution < -0.4 is 5.32 Å². The lowest BCUT2D eigenvalue weighted by Crippen LogP contribution is -2.29. The van der Waals surface area contributed by atoms with E-state index in [0.717, 1.165) is 29.8 Å². The first kappa shape index (κ1) is 18.0. The van der Waals surface area contributed by atoms with Crippen molar-refractivity contribution >= 4 is 5.91 Å². The van der Waals surface area contributed by atoms with Crippen molar-refractivity contribution in [3.05, 3.63) is 71.3 Å². The molecular formula is C18H18F3NO2. The summed E-state index contributed by atoms with van der Waals surface area (Å²) in [6, 6.07) is 13.5. The monoisotopic (exact) mass is 337 g/mol. The van der Waals surface area contributed by atoms with Crippen LogP contribution in [0.1, 0.15) is 33.8 Å². The fourth-order valence-corrected chi connectivity index (χ4v) is 2.40. The van der Waals surface area contributed by atoms with E-state index in [2.05, 4.69) is 5.32 Å². The number of nitrogens with one attached hydrogen (secondary N) is 1. The minimum absolute atomic E-state index is 0.0181. The number of rotatable bonds is 6. The summed E-state index contributed by atoms with van der Waals surface area (Å²) in [4.78, 5) is 12.1. The lowest BCUT2D eigenvalue weighted by atomic mass is 9.96. The van der Waals surface area contributed by atoms with Crippen LogP contribution in [-0.4, -0.2) is 24.2 Å². The molecule has 0 radical (unpaired) electrons. The van der Waals surface area contributed by atoms with Crippen LogP contribution in [-0.2, 0) is 6.18 Å². The predicted molar refractivity (Wildman–Crippen MR) is 84.7 cm³/mol.